The number of aromatic amines is 1. The van der Waals surface area contributed by atoms with Crippen molar-refractivity contribution in [3.05, 3.63) is 81.6 Å². The highest BCUT2D eigenvalue weighted by molar-refractivity contribution is 7.20. The van der Waals surface area contributed by atoms with Gasteiger partial charge >= 0.3 is 0 Å². The van der Waals surface area contributed by atoms with E-state index in [4.69, 9.17) is 4.74 Å². The number of amides is 1. The molecular formula is C22H18N4O3S. The van der Waals surface area contributed by atoms with Crippen LogP contribution in [-0.4, -0.2) is 45.5 Å². The first kappa shape index (κ1) is 18.7. The lowest BCUT2D eigenvalue weighted by Gasteiger charge is -2.33. The number of nitrogens with zero attached hydrogens (tertiary/aromatic N) is 3. The van der Waals surface area contributed by atoms with Crippen molar-refractivity contribution in [1.82, 2.24) is 19.9 Å². The Hall–Kier alpha value is -3.36. The van der Waals surface area contributed by atoms with Gasteiger partial charge in [0.1, 0.15) is 16.5 Å². The number of aromatic nitrogens is 3. The average molecular weight is 418 g/mol. The zero-order chi connectivity index (χ0) is 20.5. The quantitative estimate of drug-likeness (QED) is 0.552. The SMILES string of the molecule is O=C(c1cc2nc(-c3ccccn3)[nH]c(=O)c2s1)N1CCOC(c2ccccc2)C1. The molecule has 0 spiro atoms. The molecule has 0 aliphatic carbocycles. The van der Waals surface area contributed by atoms with Crippen LogP contribution in [-0.2, 0) is 4.74 Å². The zero-order valence-corrected chi connectivity index (χ0v) is 16.8. The Bertz CT molecular complexity index is 1250. The number of benzene rings is 1. The Morgan fingerprint density at radius 1 is 1.17 bits per heavy atom. The van der Waals surface area contributed by atoms with E-state index >= 15 is 0 Å². The van der Waals surface area contributed by atoms with Crippen molar-refractivity contribution >= 4 is 27.5 Å². The van der Waals surface area contributed by atoms with Crippen LogP contribution in [0.1, 0.15) is 21.3 Å². The minimum atomic E-state index is -0.270. The lowest BCUT2D eigenvalue weighted by Crippen LogP contribution is -2.42. The second kappa shape index (κ2) is 7.81. The highest BCUT2D eigenvalue weighted by Crippen LogP contribution is 2.27. The van der Waals surface area contributed by atoms with E-state index in [-0.39, 0.29) is 17.6 Å². The van der Waals surface area contributed by atoms with E-state index in [1.165, 1.54) is 11.3 Å². The molecule has 150 valence electrons. The van der Waals surface area contributed by atoms with Crippen LogP contribution in [0, 0.1) is 0 Å². The molecule has 4 heterocycles. The average Bonchev–Trinajstić information content (AvgIpc) is 3.25. The van der Waals surface area contributed by atoms with Gasteiger partial charge in [0.15, 0.2) is 5.82 Å². The number of thiophene rings is 1. The van der Waals surface area contributed by atoms with Crippen molar-refractivity contribution in [3.63, 3.8) is 0 Å². The van der Waals surface area contributed by atoms with Crippen molar-refractivity contribution in [2.45, 2.75) is 6.10 Å². The summed E-state index contributed by atoms with van der Waals surface area (Å²) in [5, 5.41) is 0. The molecular weight excluding hydrogens is 400 g/mol. The Morgan fingerprint density at radius 3 is 2.80 bits per heavy atom. The maximum absolute atomic E-state index is 13.1. The Morgan fingerprint density at radius 2 is 2.00 bits per heavy atom. The van der Waals surface area contributed by atoms with Crippen LogP contribution < -0.4 is 5.56 Å². The van der Waals surface area contributed by atoms with E-state index in [0.29, 0.717) is 46.3 Å². The van der Waals surface area contributed by atoms with Crippen molar-refractivity contribution in [2.24, 2.45) is 0 Å². The molecule has 5 rings (SSSR count). The van der Waals surface area contributed by atoms with Crippen LogP contribution in [0.5, 0.6) is 0 Å². The molecule has 30 heavy (non-hydrogen) atoms. The molecule has 7 nitrogen and oxygen atoms in total. The van der Waals surface area contributed by atoms with Crippen LogP contribution in [0.2, 0.25) is 0 Å². The van der Waals surface area contributed by atoms with E-state index in [1.54, 1.807) is 29.3 Å². The maximum atomic E-state index is 13.1. The number of fused-ring (bicyclic) bond motifs is 1. The molecule has 1 unspecified atom stereocenters. The number of rotatable bonds is 3. The molecule has 8 heteroatoms. The van der Waals surface area contributed by atoms with Crippen molar-refractivity contribution in [1.29, 1.82) is 0 Å². The van der Waals surface area contributed by atoms with Crippen LogP contribution in [0.3, 0.4) is 0 Å². The van der Waals surface area contributed by atoms with Crippen molar-refractivity contribution in [2.75, 3.05) is 19.7 Å². The summed E-state index contributed by atoms with van der Waals surface area (Å²) >= 11 is 1.17. The number of carbonyl (C=O) groups is 1. The predicted molar refractivity (Wildman–Crippen MR) is 115 cm³/mol. The van der Waals surface area contributed by atoms with Crippen LogP contribution in [0.15, 0.2) is 65.6 Å². The molecule has 1 fully saturated rings. The van der Waals surface area contributed by atoms with Gasteiger partial charge in [0.05, 0.1) is 23.5 Å². The Kier molecular flexibility index (Phi) is 4.86. The van der Waals surface area contributed by atoms with Crippen molar-refractivity contribution in [3.8, 4) is 11.5 Å². The normalized spacial score (nSPS) is 16.7. The van der Waals surface area contributed by atoms with Crippen LogP contribution in [0.25, 0.3) is 21.7 Å². The molecule has 3 aromatic heterocycles. The third-order valence-corrected chi connectivity index (χ3v) is 6.14. The topological polar surface area (TPSA) is 88.2 Å². The number of ether oxygens (including phenoxy) is 1. The number of hydrogen-bond acceptors (Lipinski definition) is 6. The fraction of sp³-hybridized carbons (Fsp3) is 0.182. The minimum Gasteiger partial charge on any atom is -0.370 e. The van der Waals surface area contributed by atoms with E-state index in [1.807, 2.05) is 36.4 Å². The fourth-order valence-corrected chi connectivity index (χ4v) is 4.49. The van der Waals surface area contributed by atoms with Gasteiger partial charge in [-0.15, -0.1) is 11.3 Å². The first-order valence-electron chi connectivity index (χ1n) is 9.60. The zero-order valence-electron chi connectivity index (χ0n) is 15.9. The van der Waals surface area contributed by atoms with Gasteiger partial charge in [0.25, 0.3) is 11.5 Å². The molecule has 0 radical (unpaired) electrons. The number of carbonyl (C=O) groups excluding carboxylic acids is 1. The molecule has 1 atom stereocenters. The summed E-state index contributed by atoms with van der Waals surface area (Å²) in [4.78, 5) is 39.5. The second-order valence-corrected chi connectivity index (χ2v) is 8.03. The number of hydrogen-bond donors (Lipinski definition) is 1. The largest absolute Gasteiger partial charge is 0.370 e. The van der Waals surface area contributed by atoms with Gasteiger partial charge in [0, 0.05) is 12.7 Å². The molecule has 0 bridgehead atoms. The first-order chi connectivity index (χ1) is 14.7. The highest BCUT2D eigenvalue weighted by atomic mass is 32.1. The molecule has 4 aromatic rings. The summed E-state index contributed by atoms with van der Waals surface area (Å²) in [5.74, 6) is 0.279. The van der Waals surface area contributed by atoms with Crippen molar-refractivity contribution < 1.29 is 9.53 Å². The molecule has 1 saturated heterocycles. The summed E-state index contributed by atoms with van der Waals surface area (Å²) in [6.45, 7) is 1.46. The smallest absolute Gasteiger partial charge is 0.269 e. The third kappa shape index (κ3) is 3.51. The molecule has 1 amide bonds. The summed E-state index contributed by atoms with van der Waals surface area (Å²) in [6, 6.07) is 17.0. The molecule has 1 aliphatic heterocycles. The number of nitrogens with one attached hydrogen (secondary N) is 1. The lowest BCUT2D eigenvalue weighted by molar-refractivity contribution is -0.0226. The van der Waals surface area contributed by atoms with Crippen LogP contribution >= 0.6 is 11.3 Å². The van der Waals surface area contributed by atoms with E-state index in [2.05, 4.69) is 15.0 Å². The Labute approximate surface area is 176 Å². The van der Waals surface area contributed by atoms with Gasteiger partial charge in [-0.05, 0) is 23.8 Å². The van der Waals surface area contributed by atoms with E-state index in [9.17, 15) is 9.59 Å². The van der Waals surface area contributed by atoms with Crippen LogP contribution in [0.4, 0.5) is 0 Å². The standard InChI is InChI=1S/C22H18N4O3S/c27-21-19-16(24-20(25-21)15-8-4-5-9-23-15)12-18(30-19)22(28)26-10-11-29-17(13-26)14-6-2-1-3-7-14/h1-9,12,17H,10-11,13H2,(H,24,25,27). The second-order valence-electron chi connectivity index (χ2n) is 6.98. The predicted octanol–water partition coefficient (Wildman–Crippen LogP) is 3.26. The molecule has 1 N–H and O–H groups in total. The number of H-pyrrole nitrogens is 1. The molecule has 1 aliphatic rings. The third-order valence-electron chi connectivity index (χ3n) is 5.03. The number of morpholine rings is 1. The summed E-state index contributed by atoms with van der Waals surface area (Å²) < 4.78 is 6.29. The van der Waals surface area contributed by atoms with E-state index < -0.39 is 0 Å². The van der Waals surface area contributed by atoms with Gasteiger partial charge in [-0.3, -0.25) is 14.6 Å². The van der Waals surface area contributed by atoms with Gasteiger partial charge < -0.3 is 14.6 Å². The van der Waals surface area contributed by atoms with Gasteiger partial charge in [-0.1, -0.05) is 36.4 Å². The lowest BCUT2D eigenvalue weighted by atomic mass is 10.1. The van der Waals surface area contributed by atoms with Gasteiger partial charge in [-0.2, -0.15) is 0 Å². The summed E-state index contributed by atoms with van der Waals surface area (Å²) in [5.41, 5.74) is 1.85. The molecule has 1 aromatic carbocycles. The van der Waals surface area contributed by atoms with E-state index in [0.717, 1.165) is 5.56 Å². The maximum Gasteiger partial charge on any atom is 0.269 e. The number of pyridine rings is 1. The Balaban J connectivity index is 1.44. The van der Waals surface area contributed by atoms with Gasteiger partial charge in [-0.25, -0.2) is 4.98 Å². The fourth-order valence-electron chi connectivity index (χ4n) is 3.53. The summed E-state index contributed by atoms with van der Waals surface area (Å²) in [6.07, 6.45) is 1.49. The first-order valence-corrected chi connectivity index (χ1v) is 10.4. The highest BCUT2D eigenvalue weighted by Gasteiger charge is 2.27. The molecule has 0 saturated carbocycles. The monoisotopic (exact) mass is 418 g/mol. The minimum absolute atomic E-state index is 0.110. The van der Waals surface area contributed by atoms with Gasteiger partial charge in [0.2, 0.25) is 0 Å². The summed E-state index contributed by atoms with van der Waals surface area (Å²) in [7, 11) is 0.